The molecular weight excluding hydrogens is 396 g/mol. The smallest absolute Gasteiger partial charge is 0.295 e. The van der Waals surface area contributed by atoms with Crippen molar-refractivity contribution < 1.29 is 14.3 Å². The van der Waals surface area contributed by atoms with Crippen molar-refractivity contribution in [2.45, 2.75) is 26.4 Å². The Morgan fingerprint density at radius 1 is 1.06 bits per heavy atom. The summed E-state index contributed by atoms with van der Waals surface area (Å²) in [6.07, 6.45) is -0.571. The number of rotatable bonds is 5. The Morgan fingerprint density at radius 3 is 2.48 bits per heavy atom. The summed E-state index contributed by atoms with van der Waals surface area (Å²) in [4.78, 5) is 39.8. The Morgan fingerprint density at radius 2 is 1.74 bits per heavy atom. The summed E-state index contributed by atoms with van der Waals surface area (Å²) in [5, 5.41) is 2.74. The number of amides is 2. The first-order valence-electron chi connectivity index (χ1n) is 10.1. The first-order chi connectivity index (χ1) is 14.9. The second kappa shape index (κ2) is 8.14. The van der Waals surface area contributed by atoms with Crippen LogP contribution in [0.25, 0.3) is 5.69 Å². The molecule has 0 saturated heterocycles. The summed E-state index contributed by atoms with van der Waals surface area (Å²) in [5.74, 6) is 0.0731. The number of ether oxygens (including phenoxy) is 1. The number of nitrogens with one attached hydrogen (secondary N) is 1. The van der Waals surface area contributed by atoms with E-state index in [4.69, 9.17) is 4.74 Å². The molecule has 31 heavy (non-hydrogen) atoms. The number of carbonyl (C=O) groups is 2. The molecule has 1 unspecified atom stereocenters. The Labute approximate surface area is 179 Å². The number of aromatic nitrogens is 2. The molecule has 4 rings (SSSR count). The lowest BCUT2D eigenvalue weighted by atomic mass is 10.1. The summed E-state index contributed by atoms with van der Waals surface area (Å²) in [6, 6.07) is 16.5. The van der Waals surface area contributed by atoms with Crippen molar-refractivity contribution in [3.63, 3.8) is 0 Å². The largest absolute Gasteiger partial charge is 0.479 e. The van der Waals surface area contributed by atoms with Crippen LogP contribution in [0.15, 0.2) is 59.4 Å². The average Bonchev–Trinajstić information content (AvgIpc) is 2.98. The second-order valence-electron chi connectivity index (χ2n) is 7.45. The van der Waals surface area contributed by atoms with Crippen LogP contribution in [-0.2, 0) is 16.6 Å². The molecule has 8 nitrogen and oxygen atoms in total. The van der Waals surface area contributed by atoms with Crippen LogP contribution in [0.3, 0.4) is 0 Å². The summed E-state index contributed by atoms with van der Waals surface area (Å²) in [7, 11) is 1.77. The van der Waals surface area contributed by atoms with Crippen molar-refractivity contribution in [3.05, 3.63) is 70.6 Å². The third-order valence-corrected chi connectivity index (χ3v) is 5.45. The van der Waals surface area contributed by atoms with Crippen LogP contribution in [0.1, 0.15) is 19.0 Å². The summed E-state index contributed by atoms with van der Waals surface area (Å²) in [6.45, 7) is 3.65. The lowest BCUT2D eigenvalue weighted by Gasteiger charge is -2.32. The van der Waals surface area contributed by atoms with E-state index in [-0.39, 0.29) is 36.0 Å². The molecule has 8 heteroatoms. The van der Waals surface area contributed by atoms with Crippen molar-refractivity contribution in [2.24, 2.45) is 7.05 Å². The van der Waals surface area contributed by atoms with Crippen LogP contribution < -0.4 is 20.5 Å². The van der Waals surface area contributed by atoms with Gasteiger partial charge < -0.3 is 15.0 Å². The third-order valence-electron chi connectivity index (χ3n) is 5.45. The number of benzene rings is 2. The zero-order chi connectivity index (χ0) is 22.1. The fourth-order valence-corrected chi connectivity index (χ4v) is 3.72. The van der Waals surface area contributed by atoms with Crippen LogP contribution in [0, 0.1) is 6.92 Å². The molecule has 0 spiro atoms. The van der Waals surface area contributed by atoms with Gasteiger partial charge in [0.15, 0.2) is 6.10 Å². The maximum absolute atomic E-state index is 13.0. The highest BCUT2D eigenvalue weighted by Gasteiger charge is 2.31. The minimum Gasteiger partial charge on any atom is -0.479 e. The Bertz CT molecular complexity index is 1200. The molecule has 3 aromatic rings. The molecule has 1 aromatic heterocycles. The minimum absolute atomic E-state index is 0.0475. The van der Waals surface area contributed by atoms with Crippen molar-refractivity contribution in [1.29, 1.82) is 0 Å². The topological polar surface area (TPSA) is 85.6 Å². The van der Waals surface area contributed by atoms with E-state index < -0.39 is 6.10 Å². The zero-order valence-corrected chi connectivity index (χ0v) is 17.7. The van der Waals surface area contributed by atoms with Gasteiger partial charge in [-0.2, -0.15) is 0 Å². The lowest BCUT2D eigenvalue weighted by Crippen LogP contribution is -2.45. The van der Waals surface area contributed by atoms with Gasteiger partial charge in [-0.1, -0.05) is 30.3 Å². The third kappa shape index (κ3) is 3.72. The maximum Gasteiger partial charge on any atom is 0.295 e. The van der Waals surface area contributed by atoms with E-state index in [2.05, 4.69) is 5.32 Å². The van der Waals surface area contributed by atoms with E-state index in [1.165, 1.54) is 4.68 Å². The number of fused-ring (bicyclic) bond motifs is 1. The molecule has 1 aliphatic rings. The molecule has 1 atom stereocenters. The van der Waals surface area contributed by atoms with Crippen LogP contribution in [0.2, 0.25) is 0 Å². The van der Waals surface area contributed by atoms with Gasteiger partial charge in [0.2, 0.25) is 5.91 Å². The molecular formula is C23H24N4O4. The molecule has 0 aliphatic carbocycles. The van der Waals surface area contributed by atoms with Crippen molar-refractivity contribution >= 4 is 23.2 Å². The van der Waals surface area contributed by atoms with Crippen molar-refractivity contribution in [1.82, 2.24) is 9.36 Å². The molecule has 2 heterocycles. The van der Waals surface area contributed by atoms with Gasteiger partial charge in [-0.15, -0.1) is 0 Å². The molecule has 1 aliphatic heterocycles. The van der Waals surface area contributed by atoms with Gasteiger partial charge in [0.05, 0.1) is 17.1 Å². The first kappa shape index (κ1) is 20.5. The van der Waals surface area contributed by atoms with E-state index in [0.29, 0.717) is 22.8 Å². The Kier molecular flexibility index (Phi) is 5.37. The molecule has 0 bridgehead atoms. The molecule has 1 N–H and O–H groups in total. The van der Waals surface area contributed by atoms with Gasteiger partial charge >= 0.3 is 0 Å². The van der Waals surface area contributed by atoms with Crippen molar-refractivity contribution in [3.8, 4) is 11.4 Å². The first-order valence-corrected chi connectivity index (χ1v) is 10.1. The van der Waals surface area contributed by atoms with E-state index >= 15 is 0 Å². The molecule has 0 fully saturated rings. The quantitative estimate of drug-likeness (QED) is 0.688. The van der Waals surface area contributed by atoms with E-state index in [1.54, 1.807) is 42.6 Å². The fraction of sp³-hybridized carbons (Fsp3) is 0.261. The highest BCUT2D eigenvalue weighted by molar-refractivity contribution is 6.00. The van der Waals surface area contributed by atoms with E-state index in [0.717, 1.165) is 0 Å². The minimum atomic E-state index is -0.618. The van der Waals surface area contributed by atoms with Gasteiger partial charge in [-0.05, 0) is 38.1 Å². The highest BCUT2D eigenvalue weighted by Crippen LogP contribution is 2.33. The van der Waals surface area contributed by atoms with Crippen molar-refractivity contribution in [2.75, 3.05) is 16.8 Å². The predicted octanol–water partition coefficient (Wildman–Crippen LogP) is 2.63. The average molecular weight is 420 g/mol. The van der Waals surface area contributed by atoms with Gasteiger partial charge in [-0.3, -0.25) is 19.1 Å². The van der Waals surface area contributed by atoms with Crippen LogP contribution >= 0.6 is 0 Å². The number of carbonyl (C=O) groups excluding carboxylic acids is 2. The molecule has 0 radical (unpaired) electrons. The second-order valence-corrected chi connectivity index (χ2v) is 7.45. The summed E-state index contributed by atoms with van der Waals surface area (Å²) < 4.78 is 8.84. The summed E-state index contributed by atoms with van der Waals surface area (Å²) in [5.41, 5.74) is 1.92. The predicted molar refractivity (Wildman–Crippen MR) is 118 cm³/mol. The number of hydrogen-bond donors (Lipinski definition) is 1. The lowest BCUT2D eigenvalue weighted by molar-refractivity contribution is -0.125. The Balaban J connectivity index is 1.52. The SMILES string of the molecule is Cc1c(NC(=O)CCN2C(=O)C(C)Oc3ccccc32)c(=O)n(-c2ccccc2)n1C. The number of para-hydroxylation sites is 3. The van der Waals surface area contributed by atoms with Gasteiger partial charge in [0.25, 0.3) is 11.5 Å². The van der Waals surface area contributed by atoms with Gasteiger partial charge in [-0.25, -0.2) is 4.68 Å². The van der Waals surface area contributed by atoms with Crippen LogP contribution in [-0.4, -0.2) is 33.8 Å². The van der Waals surface area contributed by atoms with E-state index in [1.807, 2.05) is 42.5 Å². The van der Waals surface area contributed by atoms with Crippen LogP contribution in [0.5, 0.6) is 5.75 Å². The number of hydrogen-bond acceptors (Lipinski definition) is 4. The summed E-state index contributed by atoms with van der Waals surface area (Å²) >= 11 is 0. The van der Waals surface area contributed by atoms with Gasteiger partial charge in [0.1, 0.15) is 11.4 Å². The molecule has 0 saturated carbocycles. The normalized spacial score (nSPS) is 15.4. The van der Waals surface area contributed by atoms with Crippen LogP contribution in [0.4, 0.5) is 11.4 Å². The maximum atomic E-state index is 13.0. The molecule has 160 valence electrons. The van der Waals surface area contributed by atoms with E-state index in [9.17, 15) is 14.4 Å². The fourth-order valence-electron chi connectivity index (χ4n) is 3.72. The number of anilines is 2. The highest BCUT2D eigenvalue weighted by atomic mass is 16.5. The molecule has 2 amide bonds. The monoisotopic (exact) mass is 420 g/mol. The Hall–Kier alpha value is -3.81. The number of nitrogens with zero attached hydrogens (tertiary/aromatic N) is 3. The standard InChI is InChI=1S/C23H24N4O4/c1-15-21(23(30)27(25(15)3)17-9-5-4-6-10-17)24-20(28)13-14-26-18-11-7-8-12-19(18)31-16(2)22(26)29/h4-12,16H,13-14H2,1-3H3,(H,24,28). The van der Waals surface area contributed by atoms with Gasteiger partial charge in [0, 0.05) is 20.0 Å². The molecule has 2 aromatic carbocycles. The zero-order valence-electron chi connectivity index (χ0n) is 17.7.